The van der Waals surface area contributed by atoms with Gasteiger partial charge in [0.15, 0.2) is 17.2 Å². The molecule has 0 bridgehead atoms. The van der Waals surface area contributed by atoms with Crippen LogP contribution in [0.15, 0.2) is 24.3 Å². The third-order valence-electron chi connectivity index (χ3n) is 5.66. The minimum absolute atomic E-state index is 0.0132. The molecule has 0 spiro atoms. The van der Waals surface area contributed by atoms with Crippen LogP contribution in [0.1, 0.15) is 53.8 Å². The number of hydrogen-bond donors (Lipinski definition) is 0. The minimum Gasteiger partial charge on any atom is -0.454 e. The first-order valence-electron chi connectivity index (χ1n) is 9.79. The molecule has 1 aliphatic heterocycles. The highest BCUT2D eigenvalue weighted by molar-refractivity contribution is 5.92. The number of rotatable bonds is 5. The molecule has 1 aliphatic carbocycles. The lowest BCUT2D eigenvalue weighted by Gasteiger charge is -2.29. The van der Waals surface area contributed by atoms with Gasteiger partial charge in [-0.3, -0.25) is 9.48 Å². The molecule has 144 valence electrons. The molecule has 1 aromatic heterocycles. The monoisotopic (exact) mass is 369 g/mol. The van der Waals surface area contributed by atoms with Crippen LogP contribution < -0.4 is 9.47 Å². The van der Waals surface area contributed by atoms with Gasteiger partial charge in [0, 0.05) is 31.4 Å². The maximum Gasteiger partial charge on any atom is 0.274 e. The zero-order valence-electron chi connectivity index (χ0n) is 16.1. The number of benzene rings is 1. The van der Waals surface area contributed by atoms with Crippen LogP contribution in [-0.2, 0) is 13.6 Å². The molecule has 0 N–H and O–H groups in total. The van der Waals surface area contributed by atoms with Gasteiger partial charge in [0.25, 0.3) is 5.91 Å². The Labute approximate surface area is 160 Å². The van der Waals surface area contributed by atoms with Gasteiger partial charge in [-0.2, -0.15) is 5.10 Å². The minimum atomic E-state index is -0.0132. The highest BCUT2D eigenvalue weighted by atomic mass is 16.7. The fourth-order valence-electron chi connectivity index (χ4n) is 4.05. The number of hydrogen-bond acceptors (Lipinski definition) is 4. The van der Waals surface area contributed by atoms with Crippen molar-refractivity contribution >= 4 is 5.91 Å². The van der Waals surface area contributed by atoms with Gasteiger partial charge in [-0.25, -0.2) is 0 Å². The van der Waals surface area contributed by atoms with Crippen molar-refractivity contribution in [1.29, 1.82) is 0 Å². The summed E-state index contributed by atoms with van der Waals surface area (Å²) in [4.78, 5) is 15.2. The van der Waals surface area contributed by atoms with Crippen LogP contribution in [-0.4, -0.2) is 33.9 Å². The summed E-state index contributed by atoms with van der Waals surface area (Å²) in [6.45, 7) is 3.48. The van der Waals surface area contributed by atoms with E-state index in [0.29, 0.717) is 18.2 Å². The molecule has 1 aromatic carbocycles. The van der Waals surface area contributed by atoms with Gasteiger partial charge in [0.05, 0.1) is 0 Å². The predicted octanol–water partition coefficient (Wildman–Crippen LogP) is 3.68. The van der Waals surface area contributed by atoms with E-state index in [1.165, 1.54) is 32.1 Å². The molecule has 4 rings (SSSR count). The third kappa shape index (κ3) is 3.80. The van der Waals surface area contributed by atoms with Crippen molar-refractivity contribution < 1.29 is 14.3 Å². The Bertz CT molecular complexity index is 805. The fraction of sp³-hybridized carbons (Fsp3) is 0.524. The molecule has 6 heteroatoms. The van der Waals surface area contributed by atoms with Gasteiger partial charge < -0.3 is 14.4 Å². The summed E-state index contributed by atoms with van der Waals surface area (Å²) in [6.07, 6.45) is 6.20. The second kappa shape index (κ2) is 7.62. The van der Waals surface area contributed by atoms with Crippen molar-refractivity contribution in [2.24, 2.45) is 13.0 Å². The standard InChI is InChI=1S/C21H27N3O3/c1-15-11-18(22-23(15)2)21(25)24(12-16-7-4-3-5-8-16)13-17-9-6-10-19-20(17)27-14-26-19/h6,9-11,16H,3-5,7-8,12-14H2,1-2H3. The first-order valence-corrected chi connectivity index (χ1v) is 9.79. The summed E-state index contributed by atoms with van der Waals surface area (Å²) in [7, 11) is 1.87. The quantitative estimate of drug-likeness (QED) is 0.807. The molecule has 0 atom stereocenters. The van der Waals surface area contributed by atoms with Gasteiger partial charge in [-0.15, -0.1) is 0 Å². The predicted molar refractivity (Wildman–Crippen MR) is 102 cm³/mol. The smallest absolute Gasteiger partial charge is 0.274 e. The number of ether oxygens (including phenoxy) is 2. The van der Waals surface area contributed by atoms with Crippen molar-refractivity contribution in [1.82, 2.24) is 14.7 Å². The van der Waals surface area contributed by atoms with E-state index in [1.807, 2.05) is 43.1 Å². The second-order valence-electron chi connectivity index (χ2n) is 7.64. The zero-order chi connectivity index (χ0) is 18.8. The Kier molecular flexibility index (Phi) is 5.05. The van der Waals surface area contributed by atoms with Crippen LogP contribution in [0.5, 0.6) is 11.5 Å². The van der Waals surface area contributed by atoms with Gasteiger partial charge in [-0.05, 0) is 37.8 Å². The average Bonchev–Trinajstić information content (AvgIpc) is 3.29. The lowest BCUT2D eigenvalue weighted by Crippen LogP contribution is -2.36. The molecule has 27 heavy (non-hydrogen) atoms. The largest absolute Gasteiger partial charge is 0.454 e. The van der Waals surface area contributed by atoms with Gasteiger partial charge in [0.1, 0.15) is 0 Å². The Balaban J connectivity index is 1.59. The van der Waals surface area contributed by atoms with Crippen LogP contribution in [0.3, 0.4) is 0 Å². The third-order valence-corrected chi connectivity index (χ3v) is 5.66. The van der Waals surface area contributed by atoms with Gasteiger partial charge >= 0.3 is 0 Å². The van der Waals surface area contributed by atoms with E-state index in [-0.39, 0.29) is 12.7 Å². The van der Waals surface area contributed by atoms with Crippen LogP contribution in [0.4, 0.5) is 0 Å². The Morgan fingerprint density at radius 3 is 2.81 bits per heavy atom. The molecule has 1 saturated carbocycles. The molecule has 2 aliphatic rings. The number of fused-ring (bicyclic) bond motifs is 1. The Hall–Kier alpha value is -2.50. The first kappa shape index (κ1) is 17.9. The molecular formula is C21H27N3O3. The van der Waals surface area contributed by atoms with Crippen molar-refractivity contribution in [2.45, 2.75) is 45.6 Å². The SMILES string of the molecule is Cc1cc(C(=O)N(Cc2cccc3c2OCO3)CC2CCCCC2)nn1C. The molecule has 0 saturated heterocycles. The Morgan fingerprint density at radius 1 is 1.26 bits per heavy atom. The first-order chi connectivity index (χ1) is 13.1. The normalized spacial score (nSPS) is 16.5. The van der Waals surface area contributed by atoms with Crippen LogP contribution in [0.25, 0.3) is 0 Å². The summed E-state index contributed by atoms with van der Waals surface area (Å²) in [6, 6.07) is 7.74. The van der Waals surface area contributed by atoms with E-state index < -0.39 is 0 Å². The number of nitrogens with zero attached hydrogens (tertiary/aromatic N) is 3. The molecule has 1 fully saturated rings. The topological polar surface area (TPSA) is 56.6 Å². The molecule has 0 radical (unpaired) electrons. The van der Waals surface area contributed by atoms with Crippen molar-refractivity contribution in [3.05, 3.63) is 41.2 Å². The lowest BCUT2D eigenvalue weighted by atomic mass is 9.88. The molecular weight excluding hydrogens is 342 g/mol. The lowest BCUT2D eigenvalue weighted by molar-refractivity contribution is 0.0690. The molecule has 2 aromatic rings. The van der Waals surface area contributed by atoms with E-state index in [9.17, 15) is 4.79 Å². The summed E-state index contributed by atoms with van der Waals surface area (Å²) in [5.41, 5.74) is 2.48. The van der Waals surface area contributed by atoms with E-state index in [1.54, 1.807) is 4.68 Å². The van der Waals surface area contributed by atoms with Crippen LogP contribution >= 0.6 is 0 Å². The molecule has 6 nitrogen and oxygen atoms in total. The number of carbonyl (C=O) groups excluding carboxylic acids is 1. The number of aryl methyl sites for hydroxylation is 2. The van der Waals surface area contributed by atoms with E-state index in [0.717, 1.165) is 29.3 Å². The molecule has 2 heterocycles. The van der Waals surface area contributed by atoms with E-state index in [4.69, 9.17) is 9.47 Å². The van der Waals surface area contributed by atoms with Gasteiger partial charge in [-0.1, -0.05) is 31.4 Å². The number of amides is 1. The van der Waals surface area contributed by atoms with Crippen LogP contribution in [0.2, 0.25) is 0 Å². The van der Waals surface area contributed by atoms with Crippen molar-refractivity contribution in [2.75, 3.05) is 13.3 Å². The van der Waals surface area contributed by atoms with E-state index >= 15 is 0 Å². The molecule has 1 amide bonds. The van der Waals surface area contributed by atoms with Gasteiger partial charge in [0.2, 0.25) is 6.79 Å². The summed E-state index contributed by atoms with van der Waals surface area (Å²) >= 11 is 0. The number of carbonyl (C=O) groups is 1. The zero-order valence-corrected chi connectivity index (χ0v) is 16.1. The molecule has 0 unspecified atom stereocenters. The summed E-state index contributed by atoms with van der Waals surface area (Å²) in [5, 5.41) is 4.41. The number of para-hydroxylation sites is 1. The summed E-state index contributed by atoms with van der Waals surface area (Å²) < 4.78 is 12.9. The number of aromatic nitrogens is 2. The fourth-order valence-corrected chi connectivity index (χ4v) is 4.05. The maximum absolute atomic E-state index is 13.3. The highest BCUT2D eigenvalue weighted by Crippen LogP contribution is 2.36. The summed E-state index contributed by atoms with van der Waals surface area (Å²) in [5.74, 6) is 2.06. The highest BCUT2D eigenvalue weighted by Gasteiger charge is 2.26. The Morgan fingerprint density at radius 2 is 2.07 bits per heavy atom. The maximum atomic E-state index is 13.3. The van der Waals surface area contributed by atoms with Crippen molar-refractivity contribution in [3.63, 3.8) is 0 Å². The second-order valence-corrected chi connectivity index (χ2v) is 7.64. The van der Waals surface area contributed by atoms with E-state index in [2.05, 4.69) is 5.10 Å². The average molecular weight is 369 g/mol. The van der Waals surface area contributed by atoms with Crippen LogP contribution in [0, 0.1) is 12.8 Å². The van der Waals surface area contributed by atoms with Crippen molar-refractivity contribution in [3.8, 4) is 11.5 Å².